The Morgan fingerprint density at radius 2 is 2.00 bits per heavy atom. The van der Waals surface area contributed by atoms with E-state index in [1.165, 1.54) is 5.56 Å². The second-order valence-electron chi connectivity index (χ2n) is 3.30. The number of rotatable bonds is 0. The van der Waals surface area contributed by atoms with Crippen LogP contribution in [-0.4, -0.2) is 15.2 Å². The van der Waals surface area contributed by atoms with Crippen LogP contribution in [0.5, 0.6) is 0 Å². The number of nitrogens with zero attached hydrogens (tertiary/aromatic N) is 3. The Morgan fingerprint density at radius 3 is 2.93 bits per heavy atom. The molecule has 1 heterocycles. The van der Waals surface area contributed by atoms with Gasteiger partial charge in [-0.1, -0.05) is 24.3 Å². The molecule has 0 fully saturated rings. The summed E-state index contributed by atoms with van der Waals surface area (Å²) in [5.41, 5.74) is 9.68. The molecular formula is C10H8N4. The highest BCUT2D eigenvalue weighted by Gasteiger charge is 2.21. The summed E-state index contributed by atoms with van der Waals surface area (Å²) < 4.78 is 0. The lowest BCUT2D eigenvalue weighted by molar-refractivity contribution is 0.930. The number of fused-ring (bicyclic) bond motifs is 3. The first-order valence-corrected chi connectivity index (χ1v) is 4.42. The zero-order chi connectivity index (χ0) is 9.54. The van der Waals surface area contributed by atoms with Crippen LogP contribution in [0.4, 0.5) is 5.95 Å². The summed E-state index contributed by atoms with van der Waals surface area (Å²) >= 11 is 0. The molecule has 2 N–H and O–H groups in total. The van der Waals surface area contributed by atoms with E-state index in [9.17, 15) is 0 Å². The average Bonchev–Trinajstić information content (AvgIpc) is 2.56. The van der Waals surface area contributed by atoms with Gasteiger partial charge in [-0.2, -0.15) is 0 Å². The van der Waals surface area contributed by atoms with E-state index >= 15 is 0 Å². The van der Waals surface area contributed by atoms with E-state index in [2.05, 4.69) is 21.2 Å². The third-order valence-corrected chi connectivity index (χ3v) is 2.40. The minimum absolute atomic E-state index is 0.237. The van der Waals surface area contributed by atoms with E-state index in [1.807, 2.05) is 18.2 Å². The van der Waals surface area contributed by atoms with Crippen LogP contribution >= 0.6 is 0 Å². The lowest BCUT2D eigenvalue weighted by Crippen LogP contribution is -2.00. The molecule has 14 heavy (non-hydrogen) atoms. The fourth-order valence-electron chi connectivity index (χ4n) is 1.78. The third-order valence-electron chi connectivity index (χ3n) is 2.40. The molecule has 1 aromatic carbocycles. The van der Waals surface area contributed by atoms with Crippen molar-refractivity contribution < 1.29 is 0 Å². The van der Waals surface area contributed by atoms with Gasteiger partial charge >= 0.3 is 0 Å². The SMILES string of the molecule is Nc1nnc2c(n1)-c1ccccc1C2. The number of anilines is 1. The first-order chi connectivity index (χ1) is 6.84. The van der Waals surface area contributed by atoms with Crippen LogP contribution in [0.15, 0.2) is 24.3 Å². The van der Waals surface area contributed by atoms with Gasteiger partial charge in [0.1, 0.15) is 0 Å². The van der Waals surface area contributed by atoms with Crippen molar-refractivity contribution in [1.82, 2.24) is 15.2 Å². The zero-order valence-corrected chi connectivity index (χ0v) is 7.44. The van der Waals surface area contributed by atoms with E-state index in [0.29, 0.717) is 0 Å². The van der Waals surface area contributed by atoms with Crippen LogP contribution in [-0.2, 0) is 6.42 Å². The number of hydrogen-bond donors (Lipinski definition) is 1. The Balaban J connectivity index is 2.30. The largest absolute Gasteiger partial charge is 0.366 e. The zero-order valence-electron chi connectivity index (χ0n) is 7.44. The summed E-state index contributed by atoms with van der Waals surface area (Å²) in [6, 6.07) is 8.12. The van der Waals surface area contributed by atoms with Gasteiger partial charge in [-0.3, -0.25) is 0 Å². The standard InChI is InChI=1S/C10H8N4/c11-10-12-9-7-4-2-1-3-6(7)5-8(9)13-14-10/h1-4H,5H2,(H2,11,12,14). The third kappa shape index (κ3) is 0.907. The van der Waals surface area contributed by atoms with Crippen LogP contribution in [0, 0.1) is 0 Å². The molecule has 0 saturated heterocycles. The van der Waals surface area contributed by atoms with Gasteiger partial charge < -0.3 is 5.73 Å². The molecule has 0 radical (unpaired) electrons. The second kappa shape index (κ2) is 2.51. The Bertz CT molecular complexity index is 507. The highest BCUT2D eigenvalue weighted by Crippen LogP contribution is 2.33. The highest BCUT2D eigenvalue weighted by molar-refractivity contribution is 5.72. The molecule has 0 saturated carbocycles. The van der Waals surface area contributed by atoms with E-state index < -0.39 is 0 Å². The lowest BCUT2D eigenvalue weighted by Gasteiger charge is -1.97. The van der Waals surface area contributed by atoms with E-state index in [0.717, 1.165) is 23.4 Å². The lowest BCUT2D eigenvalue weighted by atomic mass is 10.1. The van der Waals surface area contributed by atoms with Gasteiger partial charge in [0.15, 0.2) is 0 Å². The molecule has 2 aromatic rings. The number of aromatic nitrogens is 3. The van der Waals surface area contributed by atoms with Gasteiger partial charge in [0.25, 0.3) is 0 Å². The Kier molecular flexibility index (Phi) is 1.33. The molecular weight excluding hydrogens is 176 g/mol. The molecule has 0 aliphatic heterocycles. The monoisotopic (exact) mass is 184 g/mol. The van der Waals surface area contributed by atoms with Crippen molar-refractivity contribution in [3.05, 3.63) is 35.5 Å². The first kappa shape index (κ1) is 7.44. The van der Waals surface area contributed by atoms with Crippen molar-refractivity contribution in [2.45, 2.75) is 6.42 Å². The van der Waals surface area contributed by atoms with Crippen LogP contribution in [0.2, 0.25) is 0 Å². The van der Waals surface area contributed by atoms with Crippen molar-refractivity contribution in [3.8, 4) is 11.3 Å². The van der Waals surface area contributed by atoms with Crippen molar-refractivity contribution in [3.63, 3.8) is 0 Å². The van der Waals surface area contributed by atoms with Gasteiger partial charge in [0.05, 0.1) is 11.4 Å². The van der Waals surface area contributed by atoms with Crippen molar-refractivity contribution in [2.24, 2.45) is 0 Å². The summed E-state index contributed by atoms with van der Waals surface area (Å²) in [6.45, 7) is 0. The number of hydrogen-bond acceptors (Lipinski definition) is 4. The Morgan fingerprint density at radius 1 is 1.14 bits per heavy atom. The summed E-state index contributed by atoms with van der Waals surface area (Å²) in [5.74, 6) is 0.237. The molecule has 1 aliphatic rings. The molecule has 0 atom stereocenters. The average molecular weight is 184 g/mol. The van der Waals surface area contributed by atoms with E-state index in [1.54, 1.807) is 0 Å². The van der Waals surface area contributed by atoms with E-state index in [-0.39, 0.29) is 5.95 Å². The summed E-state index contributed by atoms with van der Waals surface area (Å²) in [4.78, 5) is 4.20. The maximum absolute atomic E-state index is 5.50. The normalized spacial score (nSPS) is 12.3. The molecule has 68 valence electrons. The summed E-state index contributed by atoms with van der Waals surface area (Å²) in [7, 11) is 0. The molecule has 3 rings (SSSR count). The fraction of sp³-hybridized carbons (Fsp3) is 0.100. The Labute approximate surface area is 80.8 Å². The summed E-state index contributed by atoms with van der Waals surface area (Å²) in [5, 5.41) is 7.79. The highest BCUT2D eigenvalue weighted by atomic mass is 15.2. The van der Waals surface area contributed by atoms with Crippen molar-refractivity contribution >= 4 is 5.95 Å². The van der Waals surface area contributed by atoms with Crippen LogP contribution in [0.25, 0.3) is 11.3 Å². The summed E-state index contributed by atoms with van der Waals surface area (Å²) in [6.07, 6.45) is 0.811. The van der Waals surface area contributed by atoms with Crippen molar-refractivity contribution in [2.75, 3.05) is 5.73 Å². The molecule has 4 heteroatoms. The molecule has 0 amide bonds. The molecule has 1 aromatic heterocycles. The maximum atomic E-state index is 5.50. The van der Waals surface area contributed by atoms with Gasteiger partial charge in [0, 0.05) is 12.0 Å². The van der Waals surface area contributed by atoms with Crippen LogP contribution in [0.1, 0.15) is 11.3 Å². The number of nitrogens with two attached hydrogens (primary N) is 1. The topological polar surface area (TPSA) is 64.7 Å². The minimum atomic E-state index is 0.237. The van der Waals surface area contributed by atoms with Gasteiger partial charge in [-0.05, 0) is 5.56 Å². The van der Waals surface area contributed by atoms with Crippen LogP contribution < -0.4 is 5.73 Å². The fourth-order valence-corrected chi connectivity index (χ4v) is 1.78. The quantitative estimate of drug-likeness (QED) is 0.566. The van der Waals surface area contributed by atoms with Crippen molar-refractivity contribution in [1.29, 1.82) is 0 Å². The molecule has 4 nitrogen and oxygen atoms in total. The first-order valence-electron chi connectivity index (χ1n) is 4.42. The predicted octanol–water partition coefficient (Wildman–Crippen LogP) is 1.02. The minimum Gasteiger partial charge on any atom is -0.366 e. The second-order valence-corrected chi connectivity index (χ2v) is 3.30. The molecule has 0 spiro atoms. The van der Waals surface area contributed by atoms with Gasteiger partial charge in [0.2, 0.25) is 5.95 Å². The molecule has 1 aliphatic carbocycles. The van der Waals surface area contributed by atoms with Gasteiger partial charge in [-0.15, -0.1) is 10.2 Å². The number of benzene rings is 1. The smallest absolute Gasteiger partial charge is 0.240 e. The Hall–Kier alpha value is -1.97. The predicted molar refractivity (Wildman–Crippen MR) is 52.5 cm³/mol. The maximum Gasteiger partial charge on any atom is 0.240 e. The van der Waals surface area contributed by atoms with E-state index in [4.69, 9.17) is 5.73 Å². The molecule has 0 unspecified atom stereocenters. The van der Waals surface area contributed by atoms with Gasteiger partial charge in [-0.25, -0.2) is 4.98 Å². The molecule has 0 bridgehead atoms. The van der Waals surface area contributed by atoms with Crippen LogP contribution in [0.3, 0.4) is 0 Å². The number of nitrogen functional groups attached to an aromatic ring is 1.